The third-order valence-electron chi connectivity index (χ3n) is 1.85. The van der Waals surface area contributed by atoms with Crippen molar-refractivity contribution in [1.82, 2.24) is 15.3 Å². The summed E-state index contributed by atoms with van der Waals surface area (Å²) in [7, 11) is 0. The fraction of sp³-hybridized carbons (Fsp3) is 0.125. The first-order valence-electron chi connectivity index (χ1n) is 4.06. The third kappa shape index (κ3) is 2.23. The lowest BCUT2D eigenvalue weighted by atomic mass is 10.1. The molecule has 1 aromatic heterocycles. The van der Waals surface area contributed by atoms with Gasteiger partial charge in [0.2, 0.25) is 0 Å². The molecule has 1 aliphatic rings. The number of aromatic nitrogens is 2. The van der Waals surface area contributed by atoms with Gasteiger partial charge in [0.25, 0.3) is 0 Å². The quantitative estimate of drug-likeness (QED) is 0.596. The average molecular weight is 227 g/mol. The van der Waals surface area contributed by atoms with Crippen LogP contribution in [0.25, 0.3) is 0 Å². The Morgan fingerprint density at radius 1 is 1.33 bits per heavy atom. The summed E-state index contributed by atoms with van der Waals surface area (Å²) in [6, 6.07) is 0. The number of rotatable bonds is 1. The monoisotopic (exact) mass is 226 g/mol. The Bertz CT molecular complexity index is 389. The van der Waals surface area contributed by atoms with Crippen LogP contribution in [0.3, 0.4) is 0 Å². The third-order valence-corrected chi connectivity index (χ3v) is 1.85. The predicted molar refractivity (Wildman–Crippen MR) is 59.0 cm³/mol. The van der Waals surface area contributed by atoms with Gasteiger partial charge in [0.1, 0.15) is 5.69 Å². The van der Waals surface area contributed by atoms with E-state index in [0.29, 0.717) is 5.69 Å². The van der Waals surface area contributed by atoms with Crippen molar-refractivity contribution in [3.63, 3.8) is 0 Å². The van der Waals surface area contributed by atoms with Crippen molar-refractivity contribution in [2.24, 2.45) is 16.5 Å². The molecule has 1 aliphatic heterocycles. The topological polar surface area (TPSA) is 102 Å². The molecule has 7 heteroatoms. The molecule has 0 aromatic carbocycles. The van der Waals surface area contributed by atoms with Crippen molar-refractivity contribution in [3.8, 4) is 0 Å². The van der Waals surface area contributed by atoms with Crippen LogP contribution in [-0.2, 0) is 5.66 Å². The number of hydrogen-bond donors (Lipinski definition) is 3. The van der Waals surface area contributed by atoms with Gasteiger partial charge in [0, 0.05) is 18.6 Å². The molecule has 1 unspecified atom stereocenters. The molecule has 15 heavy (non-hydrogen) atoms. The number of guanidine groups is 1. The van der Waals surface area contributed by atoms with Crippen LogP contribution in [0.15, 0.2) is 35.9 Å². The van der Waals surface area contributed by atoms with Crippen molar-refractivity contribution in [3.05, 3.63) is 36.6 Å². The predicted octanol–water partition coefficient (Wildman–Crippen LogP) is -0.559. The van der Waals surface area contributed by atoms with Crippen LogP contribution in [0.2, 0.25) is 0 Å². The Hall–Kier alpha value is -1.66. The van der Waals surface area contributed by atoms with E-state index in [9.17, 15) is 0 Å². The maximum absolute atomic E-state index is 5.97. The molecule has 2 rings (SSSR count). The van der Waals surface area contributed by atoms with E-state index in [1.807, 2.05) is 0 Å². The summed E-state index contributed by atoms with van der Waals surface area (Å²) in [5.74, 6) is 0.264. The van der Waals surface area contributed by atoms with Gasteiger partial charge in [-0.2, -0.15) is 0 Å². The molecule has 1 atom stereocenters. The molecule has 5 N–H and O–H groups in total. The Morgan fingerprint density at radius 3 is 2.73 bits per heavy atom. The largest absolute Gasteiger partial charge is 0.370 e. The van der Waals surface area contributed by atoms with Gasteiger partial charge < -0.3 is 11.1 Å². The summed E-state index contributed by atoms with van der Waals surface area (Å²) in [6.07, 6.45) is 8.01. The average Bonchev–Trinajstić information content (AvgIpc) is 2.19. The van der Waals surface area contributed by atoms with Crippen molar-refractivity contribution in [1.29, 1.82) is 0 Å². The normalized spacial score (nSPS) is 23.7. The second-order valence-corrected chi connectivity index (χ2v) is 2.89. The van der Waals surface area contributed by atoms with Crippen molar-refractivity contribution >= 4 is 18.4 Å². The van der Waals surface area contributed by atoms with E-state index in [-0.39, 0.29) is 18.4 Å². The molecular weight excluding hydrogens is 216 g/mol. The fourth-order valence-electron chi connectivity index (χ4n) is 1.17. The van der Waals surface area contributed by atoms with Gasteiger partial charge in [0.05, 0.1) is 6.20 Å². The van der Waals surface area contributed by atoms with Crippen LogP contribution in [0.4, 0.5) is 0 Å². The van der Waals surface area contributed by atoms with Gasteiger partial charge in [-0.1, -0.05) is 0 Å². The Labute approximate surface area is 92.9 Å². The molecule has 80 valence electrons. The highest BCUT2D eigenvalue weighted by Gasteiger charge is 2.27. The second kappa shape index (κ2) is 4.24. The van der Waals surface area contributed by atoms with Crippen molar-refractivity contribution in [2.45, 2.75) is 5.66 Å². The van der Waals surface area contributed by atoms with E-state index in [1.54, 1.807) is 30.9 Å². The van der Waals surface area contributed by atoms with Crippen LogP contribution >= 0.6 is 12.4 Å². The standard InChI is InChI=1S/C8H10N6.ClH/c9-7-13-2-1-8(10,14-7)6-5-11-3-4-12-6;/h1-5H,10H2,(H3,9,13,14);1H. The van der Waals surface area contributed by atoms with Crippen LogP contribution in [0.1, 0.15) is 5.69 Å². The van der Waals surface area contributed by atoms with E-state index < -0.39 is 5.66 Å². The Kier molecular flexibility index (Phi) is 3.23. The van der Waals surface area contributed by atoms with Crippen LogP contribution < -0.4 is 16.8 Å². The number of aliphatic imine (C=N–C) groups is 1. The van der Waals surface area contributed by atoms with Crippen molar-refractivity contribution in [2.75, 3.05) is 0 Å². The minimum Gasteiger partial charge on any atom is -0.370 e. The van der Waals surface area contributed by atoms with Crippen LogP contribution in [0, 0.1) is 0 Å². The van der Waals surface area contributed by atoms with Gasteiger partial charge in [-0.25, -0.2) is 4.99 Å². The SMILES string of the molecule is Cl.NC1=NC(N)(c2cnccn2)C=CN1. The summed E-state index contributed by atoms with van der Waals surface area (Å²) in [5, 5.41) is 2.73. The first-order chi connectivity index (χ1) is 6.71. The first-order valence-corrected chi connectivity index (χ1v) is 4.06. The molecular formula is C8H11ClN6. The number of nitrogens with zero attached hydrogens (tertiary/aromatic N) is 3. The lowest BCUT2D eigenvalue weighted by Crippen LogP contribution is -2.42. The minimum absolute atomic E-state index is 0. The van der Waals surface area contributed by atoms with Gasteiger partial charge >= 0.3 is 0 Å². The summed E-state index contributed by atoms with van der Waals surface area (Å²) >= 11 is 0. The summed E-state index contributed by atoms with van der Waals surface area (Å²) in [4.78, 5) is 12.1. The zero-order valence-corrected chi connectivity index (χ0v) is 8.61. The molecule has 0 aliphatic carbocycles. The Balaban J connectivity index is 0.00000112. The number of nitrogens with one attached hydrogen (secondary N) is 1. The molecule has 1 aromatic rings. The fourth-order valence-corrected chi connectivity index (χ4v) is 1.17. The van der Waals surface area contributed by atoms with E-state index in [4.69, 9.17) is 11.5 Å². The van der Waals surface area contributed by atoms with E-state index in [1.165, 1.54) is 0 Å². The molecule has 0 saturated heterocycles. The molecule has 0 bridgehead atoms. The molecule has 6 nitrogen and oxygen atoms in total. The second-order valence-electron chi connectivity index (χ2n) is 2.89. The molecule has 0 radical (unpaired) electrons. The van der Waals surface area contributed by atoms with Gasteiger partial charge in [-0.3, -0.25) is 15.7 Å². The van der Waals surface area contributed by atoms with Gasteiger partial charge in [-0.15, -0.1) is 12.4 Å². The van der Waals surface area contributed by atoms with Crippen LogP contribution in [-0.4, -0.2) is 15.9 Å². The molecule has 0 saturated carbocycles. The number of halogens is 1. The maximum Gasteiger partial charge on any atom is 0.195 e. The lowest BCUT2D eigenvalue weighted by Gasteiger charge is -2.23. The molecule has 0 spiro atoms. The highest BCUT2D eigenvalue weighted by atomic mass is 35.5. The summed E-state index contributed by atoms with van der Waals surface area (Å²) in [6.45, 7) is 0. The summed E-state index contributed by atoms with van der Waals surface area (Å²) < 4.78 is 0. The zero-order valence-electron chi connectivity index (χ0n) is 7.79. The van der Waals surface area contributed by atoms with E-state index >= 15 is 0 Å². The smallest absolute Gasteiger partial charge is 0.195 e. The molecule has 2 heterocycles. The Morgan fingerprint density at radius 2 is 2.13 bits per heavy atom. The molecule has 0 fully saturated rings. The number of hydrogen-bond acceptors (Lipinski definition) is 6. The summed E-state index contributed by atoms with van der Waals surface area (Å²) in [5.41, 5.74) is 11.0. The van der Waals surface area contributed by atoms with E-state index in [2.05, 4.69) is 20.3 Å². The highest BCUT2D eigenvalue weighted by Crippen LogP contribution is 2.19. The zero-order chi connectivity index (χ0) is 10.0. The maximum atomic E-state index is 5.97. The first kappa shape index (κ1) is 11.4. The minimum atomic E-state index is -1.01. The van der Waals surface area contributed by atoms with Gasteiger partial charge in [0.15, 0.2) is 11.6 Å². The lowest BCUT2D eigenvalue weighted by molar-refractivity contribution is 0.558. The highest BCUT2D eigenvalue weighted by molar-refractivity contribution is 5.85. The number of nitrogens with two attached hydrogens (primary N) is 2. The van der Waals surface area contributed by atoms with Crippen LogP contribution in [0.5, 0.6) is 0 Å². The van der Waals surface area contributed by atoms with E-state index in [0.717, 1.165) is 0 Å². The van der Waals surface area contributed by atoms with Crippen molar-refractivity contribution < 1.29 is 0 Å². The van der Waals surface area contributed by atoms with Gasteiger partial charge in [-0.05, 0) is 6.08 Å². The molecule has 0 amide bonds.